The molecule has 1 nitrogen and oxygen atoms in total. The standard InChI is InChI=1S/C16H33N/c1-7-9-10-11-15(17-12-8-2)13-14(3)16(4,5)6/h7,14-15,17H,1,8-13H2,2-6H3. The van der Waals surface area contributed by atoms with Gasteiger partial charge in [-0.15, -0.1) is 6.58 Å². The Morgan fingerprint density at radius 1 is 1.29 bits per heavy atom. The minimum absolute atomic E-state index is 0.421. The SMILES string of the molecule is C=CCCCC(CC(C)C(C)(C)C)NCCC. The summed E-state index contributed by atoms with van der Waals surface area (Å²) in [7, 11) is 0. The van der Waals surface area contributed by atoms with E-state index in [1.807, 2.05) is 6.08 Å². The zero-order valence-electron chi connectivity index (χ0n) is 12.7. The van der Waals surface area contributed by atoms with Gasteiger partial charge in [-0.05, 0) is 50.0 Å². The molecule has 2 atom stereocenters. The van der Waals surface area contributed by atoms with Crippen LogP contribution in [0.15, 0.2) is 12.7 Å². The van der Waals surface area contributed by atoms with Gasteiger partial charge in [0.1, 0.15) is 0 Å². The predicted molar refractivity (Wildman–Crippen MR) is 79.4 cm³/mol. The summed E-state index contributed by atoms with van der Waals surface area (Å²) in [5.41, 5.74) is 0.421. The number of rotatable bonds is 9. The van der Waals surface area contributed by atoms with E-state index in [1.54, 1.807) is 0 Å². The van der Waals surface area contributed by atoms with Crippen molar-refractivity contribution in [2.24, 2.45) is 11.3 Å². The van der Waals surface area contributed by atoms with E-state index in [9.17, 15) is 0 Å². The molecule has 0 radical (unpaired) electrons. The first-order valence-corrected chi connectivity index (χ1v) is 7.26. The highest BCUT2D eigenvalue weighted by molar-refractivity contribution is 4.78. The van der Waals surface area contributed by atoms with Gasteiger partial charge >= 0.3 is 0 Å². The van der Waals surface area contributed by atoms with Crippen molar-refractivity contribution in [3.8, 4) is 0 Å². The maximum absolute atomic E-state index is 3.80. The second-order valence-corrected chi connectivity index (χ2v) is 6.37. The first-order valence-electron chi connectivity index (χ1n) is 7.26. The number of hydrogen-bond acceptors (Lipinski definition) is 1. The van der Waals surface area contributed by atoms with E-state index in [1.165, 1.54) is 25.7 Å². The largest absolute Gasteiger partial charge is 0.314 e. The van der Waals surface area contributed by atoms with E-state index in [0.717, 1.165) is 18.9 Å². The van der Waals surface area contributed by atoms with Crippen LogP contribution in [-0.4, -0.2) is 12.6 Å². The summed E-state index contributed by atoms with van der Waals surface area (Å²) >= 11 is 0. The van der Waals surface area contributed by atoms with Crippen LogP contribution in [0.2, 0.25) is 0 Å². The van der Waals surface area contributed by atoms with Crippen LogP contribution < -0.4 is 5.32 Å². The Labute approximate surface area is 109 Å². The van der Waals surface area contributed by atoms with E-state index in [-0.39, 0.29) is 0 Å². The maximum atomic E-state index is 3.80. The summed E-state index contributed by atoms with van der Waals surface area (Å²) in [4.78, 5) is 0. The monoisotopic (exact) mass is 239 g/mol. The highest BCUT2D eigenvalue weighted by atomic mass is 14.9. The predicted octanol–water partition coefficient (Wildman–Crippen LogP) is 4.78. The lowest BCUT2D eigenvalue weighted by Crippen LogP contribution is -2.34. The molecule has 0 aromatic rings. The summed E-state index contributed by atoms with van der Waals surface area (Å²) in [5, 5.41) is 3.70. The van der Waals surface area contributed by atoms with Crippen LogP contribution in [0.4, 0.5) is 0 Å². The Morgan fingerprint density at radius 3 is 2.41 bits per heavy atom. The quantitative estimate of drug-likeness (QED) is 0.451. The Morgan fingerprint density at radius 2 is 1.94 bits per heavy atom. The van der Waals surface area contributed by atoms with E-state index in [0.29, 0.717) is 11.5 Å². The Hall–Kier alpha value is -0.300. The summed E-state index contributed by atoms with van der Waals surface area (Å²) in [6, 6.07) is 0.684. The van der Waals surface area contributed by atoms with Crippen molar-refractivity contribution in [1.29, 1.82) is 0 Å². The van der Waals surface area contributed by atoms with Gasteiger partial charge in [0.15, 0.2) is 0 Å². The molecule has 17 heavy (non-hydrogen) atoms. The van der Waals surface area contributed by atoms with Crippen molar-refractivity contribution >= 4 is 0 Å². The number of allylic oxidation sites excluding steroid dienone is 1. The van der Waals surface area contributed by atoms with Crippen molar-refractivity contribution < 1.29 is 0 Å². The maximum Gasteiger partial charge on any atom is 0.00699 e. The van der Waals surface area contributed by atoms with Gasteiger partial charge in [-0.25, -0.2) is 0 Å². The molecule has 1 heteroatoms. The third kappa shape index (κ3) is 8.43. The topological polar surface area (TPSA) is 12.0 Å². The Bertz CT molecular complexity index is 190. The molecular weight excluding hydrogens is 206 g/mol. The van der Waals surface area contributed by atoms with Crippen molar-refractivity contribution in [2.75, 3.05) is 6.54 Å². The molecule has 0 bridgehead atoms. The zero-order chi connectivity index (χ0) is 13.3. The molecule has 0 heterocycles. The van der Waals surface area contributed by atoms with Crippen LogP contribution in [0.25, 0.3) is 0 Å². The molecule has 2 unspecified atom stereocenters. The normalized spacial score (nSPS) is 15.6. The van der Waals surface area contributed by atoms with Crippen molar-refractivity contribution in [3.05, 3.63) is 12.7 Å². The highest BCUT2D eigenvalue weighted by Crippen LogP contribution is 2.29. The van der Waals surface area contributed by atoms with Crippen LogP contribution in [0.1, 0.15) is 66.7 Å². The molecule has 0 aliphatic rings. The highest BCUT2D eigenvalue weighted by Gasteiger charge is 2.23. The van der Waals surface area contributed by atoms with Crippen LogP contribution in [0, 0.1) is 11.3 Å². The molecule has 0 saturated heterocycles. The third-order valence-electron chi connectivity index (χ3n) is 3.76. The molecule has 0 aliphatic carbocycles. The molecular formula is C16H33N. The second kappa shape index (κ2) is 8.74. The molecule has 0 fully saturated rings. The second-order valence-electron chi connectivity index (χ2n) is 6.37. The van der Waals surface area contributed by atoms with Gasteiger partial charge in [0.2, 0.25) is 0 Å². The number of nitrogens with one attached hydrogen (secondary N) is 1. The lowest BCUT2D eigenvalue weighted by atomic mass is 9.78. The Balaban J connectivity index is 4.12. The molecule has 0 aliphatic heterocycles. The zero-order valence-corrected chi connectivity index (χ0v) is 12.7. The van der Waals surface area contributed by atoms with Crippen LogP contribution in [-0.2, 0) is 0 Å². The summed E-state index contributed by atoms with van der Waals surface area (Å²) in [6.45, 7) is 16.6. The van der Waals surface area contributed by atoms with E-state index < -0.39 is 0 Å². The fraction of sp³-hybridized carbons (Fsp3) is 0.875. The van der Waals surface area contributed by atoms with Crippen LogP contribution >= 0.6 is 0 Å². The van der Waals surface area contributed by atoms with Gasteiger partial charge in [-0.2, -0.15) is 0 Å². The molecule has 0 amide bonds. The fourth-order valence-electron chi connectivity index (χ4n) is 1.94. The van der Waals surface area contributed by atoms with Gasteiger partial charge in [0.25, 0.3) is 0 Å². The minimum Gasteiger partial charge on any atom is -0.314 e. The average Bonchev–Trinajstić information content (AvgIpc) is 2.24. The van der Waals surface area contributed by atoms with Gasteiger partial charge in [-0.1, -0.05) is 40.7 Å². The molecule has 0 aromatic heterocycles. The van der Waals surface area contributed by atoms with Crippen LogP contribution in [0.5, 0.6) is 0 Å². The lowest BCUT2D eigenvalue weighted by Gasteiger charge is -2.31. The van der Waals surface area contributed by atoms with E-state index in [4.69, 9.17) is 0 Å². The van der Waals surface area contributed by atoms with Gasteiger partial charge in [0, 0.05) is 6.04 Å². The van der Waals surface area contributed by atoms with Crippen LogP contribution in [0.3, 0.4) is 0 Å². The first kappa shape index (κ1) is 16.7. The molecule has 0 spiro atoms. The molecule has 0 aromatic carbocycles. The molecule has 102 valence electrons. The number of hydrogen-bond donors (Lipinski definition) is 1. The first-order chi connectivity index (χ1) is 7.91. The van der Waals surface area contributed by atoms with Gasteiger partial charge in [0.05, 0.1) is 0 Å². The van der Waals surface area contributed by atoms with Gasteiger partial charge < -0.3 is 5.32 Å². The van der Waals surface area contributed by atoms with Gasteiger partial charge in [-0.3, -0.25) is 0 Å². The molecule has 0 saturated carbocycles. The molecule has 1 N–H and O–H groups in total. The van der Waals surface area contributed by atoms with E-state index >= 15 is 0 Å². The van der Waals surface area contributed by atoms with Crippen molar-refractivity contribution in [3.63, 3.8) is 0 Å². The summed E-state index contributed by atoms with van der Waals surface area (Å²) < 4.78 is 0. The lowest BCUT2D eigenvalue weighted by molar-refractivity contribution is 0.218. The summed E-state index contributed by atoms with van der Waals surface area (Å²) in [5.74, 6) is 0.764. The molecule has 0 rings (SSSR count). The average molecular weight is 239 g/mol. The van der Waals surface area contributed by atoms with Crippen molar-refractivity contribution in [1.82, 2.24) is 5.32 Å². The number of unbranched alkanes of at least 4 members (excludes halogenated alkanes) is 1. The fourth-order valence-corrected chi connectivity index (χ4v) is 1.94. The Kier molecular flexibility index (Phi) is 8.59. The van der Waals surface area contributed by atoms with Crippen molar-refractivity contribution in [2.45, 2.75) is 72.8 Å². The van der Waals surface area contributed by atoms with E-state index in [2.05, 4.69) is 46.5 Å². The minimum atomic E-state index is 0.421. The third-order valence-corrected chi connectivity index (χ3v) is 3.76. The smallest absolute Gasteiger partial charge is 0.00699 e. The summed E-state index contributed by atoms with van der Waals surface area (Å²) in [6.07, 6.45) is 8.24.